The van der Waals surface area contributed by atoms with Crippen LogP contribution in [-0.4, -0.2) is 13.4 Å². The molecule has 0 N–H and O–H groups in total. The number of hydrogen-bond donors (Lipinski definition) is 0. The largest absolute Gasteiger partial charge is 0.439 e. The minimum Gasteiger partial charge on any atom is -0.439 e. The summed E-state index contributed by atoms with van der Waals surface area (Å²) in [4.78, 5) is 3.07. The highest BCUT2D eigenvalue weighted by atomic mass is 35.5. The minimum absolute atomic E-state index is 0.0423. The van der Waals surface area contributed by atoms with Crippen LogP contribution in [0.3, 0.4) is 0 Å². The Hall–Kier alpha value is -3.35. The zero-order valence-electron chi connectivity index (χ0n) is 15.5. The summed E-state index contributed by atoms with van der Waals surface area (Å²) in [6.07, 6.45) is -2.64. The molecular weight excluding hydrogens is 453 g/mol. The first-order valence-electron chi connectivity index (χ1n) is 8.53. The first kappa shape index (κ1) is 22.3. The predicted octanol–water partition coefficient (Wildman–Crippen LogP) is 5.88. The van der Waals surface area contributed by atoms with Crippen molar-refractivity contribution < 1.29 is 26.3 Å². The average Bonchev–Trinajstić information content (AvgIpc) is 2.73. The molecule has 0 unspecified atom stereocenters. The second-order valence-electron chi connectivity index (χ2n) is 6.13. The van der Waals surface area contributed by atoms with Crippen LogP contribution in [0.15, 0.2) is 76.7 Å². The molecule has 0 amide bonds. The van der Waals surface area contributed by atoms with Crippen molar-refractivity contribution in [2.45, 2.75) is 11.1 Å². The molecule has 0 saturated heterocycles. The summed E-state index contributed by atoms with van der Waals surface area (Å²) in [6, 6.07) is 15.0. The van der Waals surface area contributed by atoms with Gasteiger partial charge in [0.05, 0.1) is 10.5 Å². The topological polar surface area (TPSA) is 80.0 Å². The van der Waals surface area contributed by atoms with Gasteiger partial charge in [-0.2, -0.15) is 18.4 Å². The van der Waals surface area contributed by atoms with Gasteiger partial charge in [0.2, 0.25) is 15.7 Å². The van der Waals surface area contributed by atoms with E-state index in [9.17, 15) is 26.9 Å². The third-order valence-corrected chi connectivity index (χ3v) is 5.92. The number of benzene rings is 2. The van der Waals surface area contributed by atoms with E-state index in [-0.39, 0.29) is 16.5 Å². The standard InChI is InChI=1S/C21H12ClF3N2O3S/c22-16-4-8-18(9-5-16)31(28,29)19(12-26)11-14-1-6-17(7-2-14)30-20-10-3-15(13-27-20)21(23,24)25/h1-11,13H. The van der Waals surface area contributed by atoms with Gasteiger partial charge < -0.3 is 4.74 Å². The van der Waals surface area contributed by atoms with Crippen molar-refractivity contribution in [1.82, 2.24) is 4.98 Å². The molecule has 0 bridgehead atoms. The quantitative estimate of drug-likeness (QED) is 0.440. The third kappa shape index (κ3) is 5.42. The van der Waals surface area contributed by atoms with Crippen LogP contribution in [0.25, 0.3) is 6.08 Å². The van der Waals surface area contributed by atoms with E-state index < -0.39 is 26.5 Å². The minimum atomic E-state index is -4.50. The number of alkyl halides is 3. The summed E-state index contributed by atoms with van der Waals surface area (Å²) in [7, 11) is -4.03. The van der Waals surface area contributed by atoms with Crippen LogP contribution in [0.1, 0.15) is 11.1 Å². The predicted molar refractivity (Wildman–Crippen MR) is 108 cm³/mol. The van der Waals surface area contributed by atoms with Crippen LogP contribution in [0.5, 0.6) is 11.6 Å². The highest BCUT2D eigenvalue weighted by Gasteiger charge is 2.30. The van der Waals surface area contributed by atoms with Gasteiger partial charge in [-0.05, 0) is 54.1 Å². The molecule has 158 valence electrons. The number of rotatable bonds is 5. The first-order valence-corrected chi connectivity index (χ1v) is 10.4. The second kappa shape index (κ2) is 8.79. The lowest BCUT2D eigenvalue weighted by Gasteiger charge is -2.08. The molecule has 1 heterocycles. The van der Waals surface area contributed by atoms with Crippen molar-refractivity contribution in [3.05, 3.63) is 87.9 Å². The molecule has 0 aliphatic rings. The molecule has 0 aliphatic carbocycles. The van der Waals surface area contributed by atoms with E-state index >= 15 is 0 Å². The van der Waals surface area contributed by atoms with Gasteiger partial charge in [-0.15, -0.1) is 0 Å². The maximum absolute atomic E-state index is 12.6. The molecule has 0 atom stereocenters. The third-order valence-electron chi connectivity index (χ3n) is 3.99. The number of nitrogens with zero attached hydrogens (tertiary/aromatic N) is 2. The van der Waals surface area contributed by atoms with Crippen LogP contribution in [0.4, 0.5) is 13.2 Å². The number of halogens is 4. The summed E-state index contributed by atoms with van der Waals surface area (Å²) in [5, 5.41) is 9.69. The fraction of sp³-hybridized carbons (Fsp3) is 0.0476. The number of ether oxygens (including phenoxy) is 1. The smallest absolute Gasteiger partial charge is 0.417 e. The maximum atomic E-state index is 12.6. The Morgan fingerprint density at radius 3 is 2.19 bits per heavy atom. The normalized spacial score (nSPS) is 12.3. The summed E-state index contributed by atoms with van der Waals surface area (Å²) >= 11 is 5.76. The van der Waals surface area contributed by atoms with E-state index in [1.165, 1.54) is 54.6 Å². The molecule has 0 aliphatic heterocycles. The van der Waals surface area contributed by atoms with Crippen molar-refractivity contribution in [1.29, 1.82) is 5.26 Å². The molecular formula is C21H12ClF3N2O3S. The molecule has 2 aromatic carbocycles. The SMILES string of the molecule is N#CC(=Cc1ccc(Oc2ccc(C(F)(F)F)cn2)cc1)S(=O)(=O)c1ccc(Cl)cc1. The fourth-order valence-electron chi connectivity index (χ4n) is 2.42. The van der Waals surface area contributed by atoms with Crippen LogP contribution in [0, 0.1) is 11.3 Å². The van der Waals surface area contributed by atoms with Gasteiger partial charge in [-0.1, -0.05) is 23.7 Å². The molecule has 0 radical (unpaired) electrons. The van der Waals surface area contributed by atoms with E-state index in [2.05, 4.69) is 4.98 Å². The number of pyridine rings is 1. The van der Waals surface area contributed by atoms with E-state index in [4.69, 9.17) is 16.3 Å². The Bertz CT molecular complexity index is 1250. The van der Waals surface area contributed by atoms with Crippen LogP contribution in [0.2, 0.25) is 5.02 Å². The Morgan fingerprint density at radius 1 is 1.03 bits per heavy atom. The number of allylic oxidation sites excluding steroid dienone is 1. The van der Waals surface area contributed by atoms with E-state index in [1.54, 1.807) is 6.07 Å². The highest BCUT2D eigenvalue weighted by Crippen LogP contribution is 2.30. The summed E-state index contributed by atoms with van der Waals surface area (Å²) in [5.74, 6) is 0.225. The summed E-state index contributed by atoms with van der Waals surface area (Å²) in [5.41, 5.74) is -0.493. The molecule has 3 rings (SSSR count). The van der Waals surface area contributed by atoms with Gasteiger partial charge in [0, 0.05) is 17.3 Å². The van der Waals surface area contributed by atoms with Crippen LogP contribution in [-0.2, 0) is 16.0 Å². The molecule has 0 saturated carbocycles. The molecule has 0 fully saturated rings. The van der Waals surface area contributed by atoms with Crippen molar-refractivity contribution in [3.63, 3.8) is 0 Å². The lowest BCUT2D eigenvalue weighted by atomic mass is 10.2. The van der Waals surface area contributed by atoms with E-state index in [0.717, 1.165) is 12.1 Å². The van der Waals surface area contributed by atoms with Crippen molar-refractivity contribution in [2.24, 2.45) is 0 Å². The van der Waals surface area contributed by atoms with Gasteiger partial charge in [0.25, 0.3) is 0 Å². The number of aromatic nitrogens is 1. The number of hydrogen-bond acceptors (Lipinski definition) is 5. The van der Waals surface area contributed by atoms with Gasteiger partial charge in [0.1, 0.15) is 16.7 Å². The lowest BCUT2D eigenvalue weighted by molar-refractivity contribution is -0.137. The average molecular weight is 465 g/mol. The lowest BCUT2D eigenvalue weighted by Crippen LogP contribution is -2.05. The van der Waals surface area contributed by atoms with E-state index in [1.807, 2.05) is 0 Å². The molecule has 10 heteroatoms. The number of sulfone groups is 1. The Morgan fingerprint density at radius 2 is 1.68 bits per heavy atom. The highest BCUT2D eigenvalue weighted by molar-refractivity contribution is 7.95. The van der Waals surface area contributed by atoms with Crippen molar-refractivity contribution >= 4 is 27.5 Å². The second-order valence-corrected chi connectivity index (χ2v) is 8.49. The van der Waals surface area contributed by atoms with E-state index in [0.29, 0.717) is 16.8 Å². The first-order chi connectivity index (χ1) is 14.6. The van der Waals surface area contributed by atoms with Crippen molar-refractivity contribution in [3.8, 4) is 17.7 Å². The zero-order chi connectivity index (χ0) is 22.6. The molecule has 5 nitrogen and oxygen atoms in total. The van der Waals surface area contributed by atoms with Gasteiger partial charge >= 0.3 is 6.18 Å². The van der Waals surface area contributed by atoms with Crippen LogP contribution >= 0.6 is 11.6 Å². The molecule has 3 aromatic rings. The van der Waals surface area contributed by atoms with Crippen molar-refractivity contribution in [2.75, 3.05) is 0 Å². The summed E-state index contributed by atoms with van der Waals surface area (Å²) in [6.45, 7) is 0. The Balaban J connectivity index is 1.79. The molecule has 31 heavy (non-hydrogen) atoms. The Kier molecular flexibility index (Phi) is 6.34. The van der Waals surface area contributed by atoms with Gasteiger partial charge in [0.15, 0.2) is 0 Å². The molecule has 0 spiro atoms. The van der Waals surface area contributed by atoms with Gasteiger partial charge in [-0.3, -0.25) is 0 Å². The summed E-state index contributed by atoms with van der Waals surface area (Å²) < 4.78 is 68.4. The molecule has 1 aromatic heterocycles. The fourth-order valence-corrected chi connectivity index (χ4v) is 3.71. The van der Waals surface area contributed by atoms with Gasteiger partial charge in [-0.25, -0.2) is 13.4 Å². The monoisotopic (exact) mass is 464 g/mol. The number of nitriles is 1. The Labute approximate surface area is 180 Å². The zero-order valence-corrected chi connectivity index (χ0v) is 17.0. The maximum Gasteiger partial charge on any atom is 0.417 e. The van der Waals surface area contributed by atoms with Crippen LogP contribution < -0.4 is 4.74 Å².